The molecule has 1 heterocycles. The molecule has 1 aliphatic heterocycles. The Hall–Kier alpha value is -4.64. The summed E-state index contributed by atoms with van der Waals surface area (Å²) >= 11 is 5.19. The van der Waals surface area contributed by atoms with Crippen LogP contribution in [0.3, 0.4) is 0 Å². The first-order valence-electron chi connectivity index (χ1n) is 18.5. The lowest BCUT2D eigenvalue weighted by atomic mass is 9.85. The zero-order valence-corrected chi connectivity index (χ0v) is 35.5. The Kier molecular flexibility index (Phi) is 17.2. The van der Waals surface area contributed by atoms with Crippen LogP contribution < -0.4 is 15.4 Å². The van der Waals surface area contributed by atoms with Crippen molar-refractivity contribution in [3.05, 3.63) is 63.3 Å². The zero-order chi connectivity index (χ0) is 43.5. The topological polar surface area (TPSA) is 201 Å². The van der Waals surface area contributed by atoms with Gasteiger partial charge in [-0.15, -0.1) is 32.9 Å². The molecule has 3 aliphatic rings. The van der Waals surface area contributed by atoms with Gasteiger partial charge in [-0.25, -0.2) is 18.0 Å². The van der Waals surface area contributed by atoms with Gasteiger partial charge >= 0.3 is 17.6 Å². The van der Waals surface area contributed by atoms with Gasteiger partial charge in [0.25, 0.3) is 5.91 Å². The Labute approximate surface area is 341 Å². The first kappa shape index (κ1) is 48.5. The second-order valence-electron chi connectivity index (χ2n) is 16.1. The number of carbonyl (C=O) groups is 6. The van der Waals surface area contributed by atoms with E-state index in [2.05, 4.69) is 48.3 Å². The van der Waals surface area contributed by atoms with Crippen molar-refractivity contribution in [1.29, 1.82) is 0 Å². The molecule has 6 amide bonds. The highest BCUT2D eigenvalue weighted by atomic mass is 35.5. The van der Waals surface area contributed by atoms with Gasteiger partial charge in [0, 0.05) is 38.5 Å². The molecule has 18 heteroatoms. The minimum atomic E-state index is -3.91. The fourth-order valence-electron chi connectivity index (χ4n) is 5.92. The van der Waals surface area contributed by atoms with Crippen LogP contribution in [0.15, 0.2) is 63.3 Å². The maximum atomic E-state index is 14.2. The van der Waals surface area contributed by atoms with E-state index in [0.29, 0.717) is 25.9 Å². The van der Waals surface area contributed by atoms with Gasteiger partial charge in [0.05, 0.1) is 11.8 Å². The summed E-state index contributed by atoms with van der Waals surface area (Å²) in [6.07, 6.45) is 6.10. The molecular weight excluding hydrogens is 780 g/mol. The Balaban J connectivity index is 0.000000984. The SMILES string of the molecule is C=CCN(CC=C)C(=O)Cl.C=CCN(CC=C)C(=O)O[C@@H]1C[C@@H](C(=O)N[C@]2(C(=O)NS(=O)(=O)C3CC3)CC2C=C)N(C(=O)[C@@H](NC(=O)OC(C)(C)C)C(C)(C)C)C1. The molecule has 1 unspecified atom stereocenters. The van der Waals surface area contributed by atoms with Crippen molar-refractivity contribution in [2.75, 3.05) is 32.7 Å². The molecule has 318 valence electrons. The highest BCUT2D eigenvalue weighted by Gasteiger charge is 2.62. The van der Waals surface area contributed by atoms with Gasteiger partial charge in [0.15, 0.2) is 0 Å². The third kappa shape index (κ3) is 14.1. The molecule has 0 aromatic heterocycles. The number of nitrogens with zero attached hydrogens (tertiary/aromatic N) is 3. The van der Waals surface area contributed by atoms with Crippen LogP contribution in [0.2, 0.25) is 0 Å². The summed E-state index contributed by atoms with van der Waals surface area (Å²) < 4.78 is 38.3. The fourth-order valence-corrected chi connectivity index (χ4v) is 7.42. The summed E-state index contributed by atoms with van der Waals surface area (Å²) in [4.78, 5) is 81.8. The summed E-state index contributed by atoms with van der Waals surface area (Å²) in [5.41, 5.74) is -3.29. The molecule has 57 heavy (non-hydrogen) atoms. The van der Waals surface area contributed by atoms with Crippen LogP contribution in [0.4, 0.5) is 14.4 Å². The van der Waals surface area contributed by atoms with Gasteiger partial charge < -0.3 is 34.8 Å². The minimum Gasteiger partial charge on any atom is -0.444 e. The molecule has 0 spiro atoms. The summed E-state index contributed by atoms with van der Waals surface area (Å²) in [6, 6.07) is -2.41. The van der Waals surface area contributed by atoms with Crippen LogP contribution >= 0.6 is 11.6 Å². The van der Waals surface area contributed by atoms with Gasteiger partial charge in [-0.3, -0.25) is 23.9 Å². The average molecular weight is 839 g/mol. The van der Waals surface area contributed by atoms with Gasteiger partial charge in [-0.1, -0.05) is 51.2 Å². The number of rotatable bonds is 17. The van der Waals surface area contributed by atoms with E-state index in [-0.39, 0.29) is 32.5 Å². The maximum absolute atomic E-state index is 14.2. The second-order valence-corrected chi connectivity index (χ2v) is 18.4. The monoisotopic (exact) mass is 838 g/mol. The predicted octanol–water partition coefficient (Wildman–Crippen LogP) is 4.39. The number of amides is 6. The van der Waals surface area contributed by atoms with Gasteiger partial charge in [-0.05, 0) is 57.0 Å². The average Bonchev–Trinajstić information content (AvgIpc) is 4.02. The van der Waals surface area contributed by atoms with Crippen molar-refractivity contribution in [1.82, 2.24) is 30.1 Å². The number of likely N-dealkylation sites (tertiary alicyclic amines) is 1. The molecule has 2 aliphatic carbocycles. The predicted molar refractivity (Wildman–Crippen MR) is 217 cm³/mol. The van der Waals surface area contributed by atoms with Crippen LogP contribution in [0.5, 0.6) is 0 Å². The molecule has 16 nitrogen and oxygen atoms in total. The largest absolute Gasteiger partial charge is 0.444 e. The zero-order valence-electron chi connectivity index (χ0n) is 33.9. The quantitative estimate of drug-likeness (QED) is 0.107. The van der Waals surface area contributed by atoms with E-state index >= 15 is 0 Å². The summed E-state index contributed by atoms with van der Waals surface area (Å²) in [5, 5.41) is 4.19. The number of nitrogens with one attached hydrogen (secondary N) is 3. The Morgan fingerprint density at radius 1 is 0.895 bits per heavy atom. The number of halogens is 1. The molecule has 0 aromatic rings. The number of carbonyl (C=O) groups excluding carboxylic acids is 6. The Morgan fingerprint density at radius 2 is 1.42 bits per heavy atom. The van der Waals surface area contributed by atoms with Crippen molar-refractivity contribution in [2.45, 2.75) is 102 Å². The lowest BCUT2D eigenvalue weighted by Gasteiger charge is -2.36. The lowest BCUT2D eigenvalue weighted by molar-refractivity contribution is -0.143. The normalized spacial score (nSPS) is 21.8. The number of ether oxygens (including phenoxy) is 2. The van der Waals surface area contributed by atoms with Gasteiger partial charge in [0.2, 0.25) is 21.8 Å². The van der Waals surface area contributed by atoms with Crippen LogP contribution in [-0.2, 0) is 33.9 Å². The van der Waals surface area contributed by atoms with Gasteiger partial charge in [-0.2, -0.15) is 0 Å². The van der Waals surface area contributed by atoms with Crippen LogP contribution in [-0.4, -0.2) is 126 Å². The van der Waals surface area contributed by atoms with Crippen molar-refractivity contribution < 1.29 is 46.7 Å². The molecule has 0 radical (unpaired) electrons. The van der Waals surface area contributed by atoms with E-state index in [1.54, 1.807) is 53.7 Å². The standard InChI is InChI=1S/C32H49N5O9S.C7H10ClNO/c1-10-15-36(16-11-2)29(42)45-21-17-23(37(19-21)26(39)24(30(4,5)6)33-28(41)46-31(7,8)9)25(38)34-32(18-20(32)12-3)27(40)35-47(43,44)22-13-14-22;1-3-5-9(6-4-2)7(8)10/h10-12,20-24H,1-3,13-19H2,4-9H3,(H,33,41)(H,34,38)(H,35,40);3-4H,1-2,5-6H2/t20?,21-,23+,24-,32-;/m1./s1. The highest BCUT2D eigenvalue weighted by Crippen LogP contribution is 2.45. The molecule has 5 atom stereocenters. The fraction of sp³-hybridized carbons (Fsp3) is 0.590. The summed E-state index contributed by atoms with van der Waals surface area (Å²) in [6.45, 7) is 29.3. The third-order valence-electron chi connectivity index (χ3n) is 9.04. The molecule has 3 fully saturated rings. The molecule has 3 N–H and O–H groups in total. The third-order valence-corrected chi connectivity index (χ3v) is 11.1. The molecule has 0 aromatic carbocycles. The smallest absolute Gasteiger partial charge is 0.410 e. The Morgan fingerprint density at radius 3 is 1.84 bits per heavy atom. The van der Waals surface area contributed by atoms with E-state index in [1.165, 1.54) is 32.9 Å². The summed E-state index contributed by atoms with van der Waals surface area (Å²) in [5.74, 6) is -2.83. The maximum Gasteiger partial charge on any atom is 0.410 e. The lowest BCUT2D eigenvalue weighted by Crippen LogP contribution is -2.60. The molecule has 0 bridgehead atoms. The highest BCUT2D eigenvalue weighted by molar-refractivity contribution is 7.91. The Bertz CT molecular complexity index is 1670. The van der Waals surface area contributed by atoms with E-state index in [0.717, 1.165) is 0 Å². The van der Waals surface area contributed by atoms with E-state index in [9.17, 15) is 37.2 Å². The minimum absolute atomic E-state index is 0.107. The van der Waals surface area contributed by atoms with Crippen LogP contribution in [0.1, 0.15) is 67.2 Å². The van der Waals surface area contributed by atoms with Crippen molar-refractivity contribution >= 4 is 56.9 Å². The van der Waals surface area contributed by atoms with E-state index in [4.69, 9.17) is 21.1 Å². The first-order chi connectivity index (χ1) is 26.4. The number of hydrogen-bond donors (Lipinski definition) is 3. The molecule has 3 rings (SSSR count). The van der Waals surface area contributed by atoms with Gasteiger partial charge in [0.1, 0.15) is 29.3 Å². The number of alkyl carbamates (subject to hydrolysis) is 1. The molecular formula is C39H59ClN6O10S. The van der Waals surface area contributed by atoms with Crippen molar-refractivity contribution in [3.8, 4) is 0 Å². The molecule has 1 saturated heterocycles. The van der Waals surface area contributed by atoms with Crippen molar-refractivity contribution in [2.24, 2.45) is 11.3 Å². The van der Waals surface area contributed by atoms with Crippen LogP contribution in [0.25, 0.3) is 0 Å². The number of hydrogen-bond acceptors (Lipinski definition) is 10. The summed E-state index contributed by atoms with van der Waals surface area (Å²) in [7, 11) is -3.91. The van der Waals surface area contributed by atoms with E-state index in [1.807, 2.05) is 0 Å². The first-order valence-corrected chi connectivity index (χ1v) is 20.5. The second kappa shape index (κ2) is 20.2. The van der Waals surface area contributed by atoms with Crippen LogP contribution in [0, 0.1) is 11.3 Å². The molecule has 2 saturated carbocycles. The van der Waals surface area contributed by atoms with E-state index < -0.39 is 91.2 Å². The van der Waals surface area contributed by atoms with Crippen molar-refractivity contribution in [3.63, 3.8) is 0 Å². The number of sulfonamides is 1.